The van der Waals surface area contributed by atoms with E-state index in [2.05, 4.69) is 20.8 Å². The van der Waals surface area contributed by atoms with Gasteiger partial charge in [0, 0.05) is 12.1 Å². The molecule has 0 bridgehead atoms. The Morgan fingerprint density at radius 2 is 1.96 bits per heavy atom. The lowest BCUT2D eigenvalue weighted by Gasteiger charge is -2.12. The van der Waals surface area contributed by atoms with E-state index >= 15 is 0 Å². The number of nitrogens with one attached hydrogen (secondary N) is 2. The number of carbonyl (C=O) groups is 1. The van der Waals surface area contributed by atoms with Gasteiger partial charge in [0.15, 0.2) is 11.5 Å². The highest BCUT2D eigenvalue weighted by Gasteiger charge is 2.11. The molecule has 24 heavy (non-hydrogen) atoms. The number of amides is 1. The maximum Gasteiger partial charge on any atom is 0.272 e. The second-order valence-electron chi connectivity index (χ2n) is 5.28. The quantitative estimate of drug-likeness (QED) is 0.812. The molecule has 1 amide bonds. The molecule has 0 radical (unpaired) electrons. The number of benzene rings is 1. The molecule has 128 valence electrons. The van der Waals surface area contributed by atoms with Crippen LogP contribution >= 0.6 is 0 Å². The summed E-state index contributed by atoms with van der Waals surface area (Å²) in [6.45, 7) is 3.95. The Balaban J connectivity index is 2.13. The first-order valence-electron chi connectivity index (χ1n) is 7.71. The third-order valence-corrected chi connectivity index (χ3v) is 3.56. The number of anilines is 2. The highest BCUT2D eigenvalue weighted by molar-refractivity contribution is 5.92. The highest BCUT2D eigenvalue weighted by atomic mass is 16.5. The lowest BCUT2D eigenvalue weighted by molar-refractivity contribution is 0.0933. The molecule has 2 N–H and O–H groups in total. The predicted octanol–water partition coefficient (Wildman–Crippen LogP) is 2.77. The first-order chi connectivity index (χ1) is 11.6. The first kappa shape index (κ1) is 17.5. The molecule has 2 rings (SSSR count). The van der Waals surface area contributed by atoms with Gasteiger partial charge < -0.3 is 20.1 Å². The minimum atomic E-state index is -0.234. The molecule has 1 atom stereocenters. The van der Waals surface area contributed by atoms with E-state index in [4.69, 9.17) is 9.47 Å². The Hall–Kier alpha value is -2.83. The zero-order chi connectivity index (χ0) is 17.5. The van der Waals surface area contributed by atoms with Gasteiger partial charge in [-0.05, 0) is 37.6 Å². The van der Waals surface area contributed by atoms with Crippen molar-refractivity contribution in [2.24, 2.45) is 0 Å². The normalized spacial score (nSPS) is 11.5. The smallest absolute Gasteiger partial charge is 0.272 e. The van der Waals surface area contributed by atoms with E-state index in [1.165, 1.54) is 0 Å². The first-order valence-corrected chi connectivity index (χ1v) is 7.71. The van der Waals surface area contributed by atoms with E-state index in [-0.39, 0.29) is 17.6 Å². The van der Waals surface area contributed by atoms with Gasteiger partial charge >= 0.3 is 0 Å². The van der Waals surface area contributed by atoms with Crippen LogP contribution in [0.15, 0.2) is 30.3 Å². The Morgan fingerprint density at radius 1 is 1.17 bits per heavy atom. The van der Waals surface area contributed by atoms with Crippen LogP contribution in [0, 0.1) is 0 Å². The van der Waals surface area contributed by atoms with E-state index < -0.39 is 0 Å². The molecule has 7 nitrogen and oxygen atoms in total. The predicted molar refractivity (Wildman–Crippen MR) is 92.1 cm³/mol. The summed E-state index contributed by atoms with van der Waals surface area (Å²) in [6.07, 6.45) is 0.856. The van der Waals surface area contributed by atoms with Crippen molar-refractivity contribution in [3.05, 3.63) is 36.0 Å². The second-order valence-corrected chi connectivity index (χ2v) is 5.28. The summed E-state index contributed by atoms with van der Waals surface area (Å²) in [4.78, 5) is 12.0. The molecular weight excluding hydrogens is 308 g/mol. The van der Waals surface area contributed by atoms with Crippen LogP contribution in [-0.4, -0.2) is 36.4 Å². The minimum Gasteiger partial charge on any atom is -0.497 e. The zero-order valence-corrected chi connectivity index (χ0v) is 14.3. The molecule has 0 aliphatic rings. The van der Waals surface area contributed by atoms with Gasteiger partial charge in [-0.1, -0.05) is 6.92 Å². The molecule has 1 heterocycles. The average molecular weight is 330 g/mol. The van der Waals surface area contributed by atoms with Gasteiger partial charge in [-0.25, -0.2) is 0 Å². The number of carbonyl (C=O) groups excluding carboxylic acids is 1. The number of aromatic nitrogens is 2. The van der Waals surface area contributed by atoms with Crippen LogP contribution in [0.3, 0.4) is 0 Å². The number of hydrogen-bond acceptors (Lipinski definition) is 6. The van der Waals surface area contributed by atoms with Crippen LogP contribution in [0.5, 0.6) is 11.5 Å². The molecule has 0 aliphatic heterocycles. The molecule has 2 aromatic rings. The number of hydrogen-bond donors (Lipinski definition) is 2. The van der Waals surface area contributed by atoms with E-state index in [1.807, 2.05) is 13.8 Å². The van der Waals surface area contributed by atoms with Gasteiger partial charge in [0.1, 0.15) is 11.5 Å². The Bertz CT molecular complexity index is 689. The largest absolute Gasteiger partial charge is 0.497 e. The minimum absolute atomic E-state index is 0.0955. The summed E-state index contributed by atoms with van der Waals surface area (Å²) < 4.78 is 10.5. The Morgan fingerprint density at radius 3 is 2.54 bits per heavy atom. The van der Waals surface area contributed by atoms with Crippen LogP contribution in [0.25, 0.3) is 0 Å². The van der Waals surface area contributed by atoms with E-state index in [1.54, 1.807) is 44.6 Å². The van der Waals surface area contributed by atoms with Gasteiger partial charge in [0.25, 0.3) is 5.91 Å². The van der Waals surface area contributed by atoms with Crippen LogP contribution in [0.4, 0.5) is 11.5 Å². The molecule has 0 aliphatic carbocycles. The van der Waals surface area contributed by atoms with Crippen LogP contribution in [0.1, 0.15) is 30.8 Å². The van der Waals surface area contributed by atoms with Gasteiger partial charge in [-0.2, -0.15) is 0 Å². The molecule has 0 fully saturated rings. The monoisotopic (exact) mass is 330 g/mol. The fourth-order valence-electron chi connectivity index (χ4n) is 1.97. The molecular formula is C17H22N4O3. The van der Waals surface area contributed by atoms with Gasteiger partial charge in [-0.15, -0.1) is 10.2 Å². The Labute approximate surface area is 141 Å². The summed E-state index contributed by atoms with van der Waals surface area (Å²) in [6, 6.07) is 8.81. The Kier molecular flexibility index (Phi) is 5.95. The number of rotatable bonds is 7. The topological polar surface area (TPSA) is 85.4 Å². The second kappa shape index (κ2) is 8.14. The van der Waals surface area contributed by atoms with Gasteiger partial charge in [0.05, 0.1) is 19.9 Å². The molecule has 1 unspecified atom stereocenters. The lowest BCUT2D eigenvalue weighted by atomic mass is 10.2. The number of methoxy groups -OCH3 is 2. The van der Waals surface area contributed by atoms with E-state index in [9.17, 15) is 4.79 Å². The van der Waals surface area contributed by atoms with Crippen molar-refractivity contribution in [3.8, 4) is 11.5 Å². The lowest BCUT2D eigenvalue weighted by Crippen LogP contribution is -2.32. The summed E-state index contributed by atoms with van der Waals surface area (Å²) in [7, 11) is 3.18. The van der Waals surface area contributed by atoms with Crippen LogP contribution in [0.2, 0.25) is 0 Å². The number of ether oxygens (including phenoxy) is 2. The fourth-order valence-corrected chi connectivity index (χ4v) is 1.97. The summed E-state index contributed by atoms with van der Waals surface area (Å²) in [5, 5.41) is 14.0. The maximum absolute atomic E-state index is 12.0. The van der Waals surface area contributed by atoms with E-state index in [0.29, 0.717) is 23.0 Å². The molecule has 1 aromatic heterocycles. The average Bonchev–Trinajstić information content (AvgIpc) is 2.62. The van der Waals surface area contributed by atoms with Crippen molar-refractivity contribution >= 4 is 17.4 Å². The molecule has 0 saturated carbocycles. The number of nitrogens with zero attached hydrogens (tertiary/aromatic N) is 2. The standard InChI is InChI=1S/C17H22N4O3/c1-5-11(2)18-17(22)13-7-9-16(21-20-13)19-14-10-12(23-3)6-8-15(14)24-4/h6-11H,5H2,1-4H3,(H,18,22)(H,19,21). The van der Waals surface area contributed by atoms with Crippen molar-refractivity contribution in [1.82, 2.24) is 15.5 Å². The summed E-state index contributed by atoms with van der Waals surface area (Å²) in [5.41, 5.74) is 0.974. The van der Waals surface area contributed by atoms with Gasteiger partial charge in [-0.3, -0.25) is 4.79 Å². The van der Waals surface area contributed by atoms with Crippen molar-refractivity contribution in [3.63, 3.8) is 0 Å². The molecule has 0 saturated heterocycles. The maximum atomic E-state index is 12.0. The summed E-state index contributed by atoms with van der Waals surface area (Å²) >= 11 is 0. The van der Waals surface area contributed by atoms with Gasteiger partial charge in [0.2, 0.25) is 0 Å². The van der Waals surface area contributed by atoms with Crippen molar-refractivity contribution in [2.75, 3.05) is 19.5 Å². The fraction of sp³-hybridized carbons (Fsp3) is 0.353. The van der Waals surface area contributed by atoms with Crippen LogP contribution in [-0.2, 0) is 0 Å². The van der Waals surface area contributed by atoms with Crippen molar-refractivity contribution in [2.45, 2.75) is 26.3 Å². The summed E-state index contributed by atoms with van der Waals surface area (Å²) in [5.74, 6) is 1.61. The third kappa shape index (κ3) is 4.34. The molecule has 0 spiro atoms. The molecule has 7 heteroatoms. The SMILES string of the molecule is CCC(C)NC(=O)c1ccc(Nc2cc(OC)ccc2OC)nn1. The third-order valence-electron chi connectivity index (χ3n) is 3.56. The van der Waals surface area contributed by atoms with E-state index in [0.717, 1.165) is 6.42 Å². The molecule has 1 aromatic carbocycles. The van der Waals surface area contributed by atoms with Crippen molar-refractivity contribution < 1.29 is 14.3 Å². The van der Waals surface area contributed by atoms with Crippen molar-refractivity contribution in [1.29, 1.82) is 0 Å². The van der Waals surface area contributed by atoms with Crippen LogP contribution < -0.4 is 20.1 Å². The zero-order valence-electron chi connectivity index (χ0n) is 14.3. The highest BCUT2D eigenvalue weighted by Crippen LogP contribution is 2.30.